The van der Waals surface area contributed by atoms with Gasteiger partial charge in [0, 0.05) is 17.5 Å². The number of sulfone groups is 1. The zero-order valence-electron chi connectivity index (χ0n) is 16.2. The summed E-state index contributed by atoms with van der Waals surface area (Å²) in [6.45, 7) is 3.23. The summed E-state index contributed by atoms with van der Waals surface area (Å²) in [5, 5.41) is 1.26. The minimum atomic E-state index is -3.46. The fourth-order valence-electron chi connectivity index (χ4n) is 2.75. The molecule has 0 saturated carbocycles. The molecule has 0 amide bonds. The van der Waals surface area contributed by atoms with E-state index in [0.29, 0.717) is 22.5 Å². The van der Waals surface area contributed by atoms with Gasteiger partial charge in [0.05, 0.1) is 20.7 Å². The number of sulfonamides is 1. The van der Waals surface area contributed by atoms with Gasteiger partial charge >= 0.3 is 0 Å². The molecule has 3 N–H and O–H groups in total. The molecule has 0 atom stereocenters. The van der Waals surface area contributed by atoms with Crippen molar-refractivity contribution in [3.63, 3.8) is 0 Å². The molecule has 0 bridgehead atoms. The molecule has 0 aliphatic rings. The first kappa shape index (κ1) is 21.4. The Morgan fingerprint density at radius 2 is 1.69 bits per heavy atom. The van der Waals surface area contributed by atoms with Crippen molar-refractivity contribution in [1.29, 1.82) is 0 Å². The number of nitrogens with two attached hydrogens (primary N) is 1. The van der Waals surface area contributed by atoms with Gasteiger partial charge in [0.2, 0.25) is 10.0 Å². The number of rotatable bonds is 6. The summed E-state index contributed by atoms with van der Waals surface area (Å²) in [7, 11) is -6.79. The molecule has 6 nitrogen and oxygen atoms in total. The number of thiophene rings is 1. The van der Waals surface area contributed by atoms with Crippen molar-refractivity contribution in [3.05, 3.63) is 53.9 Å². The lowest BCUT2D eigenvalue weighted by Crippen LogP contribution is -2.22. The van der Waals surface area contributed by atoms with E-state index in [9.17, 15) is 16.8 Å². The second-order valence-corrected chi connectivity index (χ2v) is 12.1. The van der Waals surface area contributed by atoms with Crippen molar-refractivity contribution in [1.82, 2.24) is 0 Å². The Labute approximate surface area is 175 Å². The summed E-state index contributed by atoms with van der Waals surface area (Å²) in [4.78, 5) is 0.986. The van der Waals surface area contributed by atoms with Crippen LogP contribution in [0.5, 0.6) is 0 Å². The number of nitrogen functional groups attached to an aromatic ring is 1. The average Bonchev–Trinajstić information content (AvgIpc) is 3.08. The van der Waals surface area contributed by atoms with Crippen molar-refractivity contribution in [2.24, 2.45) is 0 Å². The Morgan fingerprint density at radius 3 is 2.31 bits per heavy atom. The lowest BCUT2D eigenvalue weighted by Gasteiger charge is -2.13. The molecule has 2 aromatic carbocycles. The van der Waals surface area contributed by atoms with Crippen LogP contribution in [0.2, 0.25) is 0 Å². The van der Waals surface area contributed by atoms with Crippen LogP contribution in [-0.2, 0) is 19.9 Å². The van der Waals surface area contributed by atoms with Crippen LogP contribution in [0.3, 0.4) is 0 Å². The molecule has 9 heteroatoms. The summed E-state index contributed by atoms with van der Waals surface area (Å²) in [6, 6.07) is 13.8. The first-order valence-corrected chi connectivity index (χ1v) is 13.1. The van der Waals surface area contributed by atoms with Gasteiger partial charge in [-0.05, 0) is 54.6 Å². The summed E-state index contributed by atoms with van der Waals surface area (Å²) < 4.78 is 50.7. The third-order valence-electron chi connectivity index (χ3n) is 4.42. The second kappa shape index (κ2) is 7.81. The first-order valence-electron chi connectivity index (χ1n) is 8.78. The zero-order chi connectivity index (χ0) is 21.4. The van der Waals surface area contributed by atoms with E-state index in [1.165, 1.54) is 11.3 Å². The Kier molecular flexibility index (Phi) is 5.75. The molecule has 154 valence electrons. The quantitative estimate of drug-likeness (QED) is 0.547. The van der Waals surface area contributed by atoms with Gasteiger partial charge in [-0.1, -0.05) is 24.3 Å². The van der Waals surface area contributed by atoms with E-state index in [1.807, 2.05) is 17.5 Å². The van der Waals surface area contributed by atoms with E-state index < -0.39 is 25.1 Å². The van der Waals surface area contributed by atoms with E-state index in [-0.39, 0.29) is 4.90 Å². The largest absolute Gasteiger partial charge is 0.398 e. The maximum atomic E-state index is 12.2. The highest BCUT2D eigenvalue weighted by molar-refractivity contribution is 7.93. The normalized spacial score (nSPS) is 12.3. The maximum absolute atomic E-state index is 12.2. The van der Waals surface area contributed by atoms with Crippen molar-refractivity contribution >= 4 is 42.6 Å². The molecule has 0 spiro atoms. The van der Waals surface area contributed by atoms with Crippen LogP contribution in [0.15, 0.2) is 58.8 Å². The highest BCUT2D eigenvalue weighted by atomic mass is 32.2. The summed E-state index contributed by atoms with van der Waals surface area (Å²) in [6.07, 6.45) is 1.16. The number of hydrogen-bond donors (Lipinski definition) is 2. The van der Waals surface area contributed by atoms with Crippen molar-refractivity contribution in [3.8, 4) is 21.6 Å². The molecule has 1 aromatic heterocycles. The van der Waals surface area contributed by atoms with Gasteiger partial charge < -0.3 is 5.73 Å². The van der Waals surface area contributed by atoms with Crippen LogP contribution in [-0.4, -0.2) is 28.3 Å². The third-order valence-corrected chi connectivity index (χ3v) is 8.24. The van der Waals surface area contributed by atoms with Crippen LogP contribution >= 0.6 is 11.3 Å². The number of anilines is 2. The lowest BCUT2D eigenvalue weighted by atomic mass is 10.0. The van der Waals surface area contributed by atoms with Crippen LogP contribution in [0.4, 0.5) is 11.4 Å². The molecule has 0 aliphatic carbocycles. The van der Waals surface area contributed by atoms with E-state index in [1.54, 1.807) is 50.2 Å². The minimum absolute atomic E-state index is 0.224. The summed E-state index contributed by atoms with van der Waals surface area (Å²) in [5.74, 6) is 0. The molecule has 1 heterocycles. The van der Waals surface area contributed by atoms with Gasteiger partial charge in [0.1, 0.15) is 0 Å². The van der Waals surface area contributed by atoms with Gasteiger partial charge in [0.25, 0.3) is 0 Å². The van der Waals surface area contributed by atoms with Crippen LogP contribution in [0, 0.1) is 0 Å². The molecular formula is C20H22N2O4S3. The molecule has 3 aromatic rings. The van der Waals surface area contributed by atoms with E-state index in [2.05, 4.69) is 4.72 Å². The standard InChI is InChI=1S/C20H22N2O4S3/c1-13(2)29(25,26)22-19-9-10-27-20(19)15-7-8-17(18(21)12-15)14-5-4-6-16(11-14)28(3,23)24/h4-13,22H,21H2,1-3H3. The number of nitrogens with one attached hydrogen (secondary N) is 1. The van der Waals surface area contributed by atoms with E-state index in [0.717, 1.165) is 16.7 Å². The highest BCUT2D eigenvalue weighted by Crippen LogP contribution is 2.38. The Morgan fingerprint density at radius 1 is 0.966 bits per heavy atom. The average molecular weight is 451 g/mol. The van der Waals surface area contributed by atoms with Crippen molar-refractivity contribution in [2.45, 2.75) is 24.0 Å². The fraction of sp³-hybridized carbons (Fsp3) is 0.200. The van der Waals surface area contributed by atoms with Gasteiger partial charge in [-0.3, -0.25) is 4.72 Å². The molecular weight excluding hydrogens is 428 g/mol. The minimum Gasteiger partial charge on any atom is -0.398 e. The summed E-state index contributed by atoms with van der Waals surface area (Å²) in [5.41, 5.74) is 9.43. The highest BCUT2D eigenvalue weighted by Gasteiger charge is 2.19. The third kappa shape index (κ3) is 4.63. The van der Waals surface area contributed by atoms with Crippen LogP contribution in [0.25, 0.3) is 21.6 Å². The van der Waals surface area contributed by atoms with Gasteiger partial charge in [-0.25, -0.2) is 16.8 Å². The van der Waals surface area contributed by atoms with Gasteiger partial charge in [-0.2, -0.15) is 0 Å². The second-order valence-electron chi connectivity index (χ2n) is 6.96. The fourth-order valence-corrected chi connectivity index (χ4v) is 5.04. The smallest absolute Gasteiger partial charge is 0.235 e. The molecule has 0 aliphatic heterocycles. The number of benzene rings is 2. The molecule has 0 unspecified atom stereocenters. The Hall–Kier alpha value is -2.36. The predicted octanol–water partition coefficient (Wildman–Crippen LogP) is 4.22. The molecule has 0 saturated heterocycles. The summed E-state index contributed by atoms with van der Waals surface area (Å²) >= 11 is 1.41. The van der Waals surface area contributed by atoms with Gasteiger partial charge in [0.15, 0.2) is 9.84 Å². The zero-order valence-corrected chi connectivity index (χ0v) is 18.7. The SMILES string of the molecule is CC(C)S(=O)(=O)Nc1ccsc1-c1ccc(-c2cccc(S(C)(=O)=O)c2)c(N)c1. The van der Waals surface area contributed by atoms with E-state index >= 15 is 0 Å². The topological polar surface area (TPSA) is 106 Å². The Bertz CT molecular complexity index is 1260. The van der Waals surface area contributed by atoms with Crippen LogP contribution in [0.1, 0.15) is 13.8 Å². The molecule has 0 fully saturated rings. The predicted molar refractivity (Wildman–Crippen MR) is 120 cm³/mol. The van der Waals surface area contributed by atoms with E-state index in [4.69, 9.17) is 5.73 Å². The molecule has 3 rings (SSSR count). The first-order chi connectivity index (χ1) is 13.5. The Balaban J connectivity index is 2.00. The van der Waals surface area contributed by atoms with Crippen molar-refractivity contribution < 1.29 is 16.8 Å². The van der Waals surface area contributed by atoms with Crippen LogP contribution < -0.4 is 10.5 Å². The molecule has 29 heavy (non-hydrogen) atoms. The number of hydrogen-bond acceptors (Lipinski definition) is 6. The van der Waals surface area contributed by atoms with Crippen molar-refractivity contribution in [2.75, 3.05) is 16.7 Å². The lowest BCUT2D eigenvalue weighted by molar-refractivity contribution is 0.592. The van der Waals surface area contributed by atoms with Gasteiger partial charge in [-0.15, -0.1) is 11.3 Å². The monoisotopic (exact) mass is 450 g/mol. The molecule has 0 radical (unpaired) electrons. The maximum Gasteiger partial charge on any atom is 0.235 e.